The Morgan fingerprint density at radius 2 is 1.68 bits per heavy atom. The summed E-state index contributed by atoms with van der Waals surface area (Å²) in [5, 5.41) is 0. The van der Waals surface area contributed by atoms with Crippen LogP contribution >= 0.6 is 0 Å². The molecule has 0 N–H and O–H groups in total. The van der Waals surface area contributed by atoms with Gasteiger partial charge >= 0.3 is 0 Å². The molecule has 6 rings (SSSR count). The van der Waals surface area contributed by atoms with Crippen LogP contribution in [0, 0.1) is 63.6 Å². The van der Waals surface area contributed by atoms with Crippen LogP contribution in [0.5, 0.6) is 0 Å². The van der Waals surface area contributed by atoms with E-state index in [1.165, 1.54) is 89.0 Å². The summed E-state index contributed by atoms with van der Waals surface area (Å²) in [6, 6.07) is 0. The highest BCUT2D eigenvalue weighted by atomic mass is 16.5. The molecular weight excluding hydrogens is 500 g/mol. The van der Waals surface area contributed by atoms with E-state index in [4.69, 9.17) is 4.74 Å². The molecule has 6 aliphatic rings. The summed E-state index contributed by atoms with van der Waals surface area (Å²) in [5.74, 6) is 6.69. The Balaban J connectivity index is 0.00000132. The van der Waals surface area contributed by atoms with Crippen LogP contribution < -0.4 is 0 Å². The van der Waals surface area contributed by atoms with E-state index in [-0.39, 0.29) is 12.6 Å². The van der Waals surface area contributed by atoms with Crippen LogP contribution in [0.25, 0.3) is 0 Å². The Hall–Kier alpha value is -0.890. The molecule has 0 aromatic heterocycles. The predicted octanol–water partition coefficient (Wildman–Crippen LogP) is 10.9. The number of rotatable bonds is 8. The maximum Gasteiger partial charge on any atom is 0.178 e. The summed E-state index contributed by atoms with van der Waals surface area (Å²) < 4.78 is 6.96. The van der Waals surface area contributed by atoms with Gasteiger partial charge in [0.1, 0.15) is 0 Å². The van der Waals surface area contributed by atoms with Gasteiger partial charge in [-0.15, -0.1) is 0 Å². The van der Waals surface area contributed by atoms with Gasteiger partial charge in [0.05, 0.1) is 6.61 Å². The molecule has 0 amide bonds. The van der Waals surface area contributed by atoms with Crippen molar-refractivity contribution in [3.63, 3.8) is 0 Å². The van der Waals surface area contributed by atoms with Crippen molar-refractivity contribution in [2.24, 2.45) is 63.6 Å². The standard InChI is InChI=1S/C37H58O2.C2H6.H2/c1-6-9-26-11-8-12-28(17-26)23-39-24-37-22-27(10-7-2)18-30(37)20-33-32-14-13-29-19-31(38)15-16-35(29,4)34(32)25(3)21-36(33,37)5;1-2;/h15-16,19,25-28,30,32-34H,6-14,17-18,20-24H2,1-5H3;1-2H3;1H. The molecule has 5 saturated carbocycles. The van der Waals surface area contributed by atoms with Crippen molar-refractivity contribution >= 4 is 5.78 Å². The van der Waals surface area contributed by atoms with Gasteiger partial charge in [0.15, 0.2) is 5.78 Å². The monoisotopic (exact) mass is 567 g/mol. The van der Waals surface area contributed by atoms with Crippen molar-refractivity contribution < 1.29 is 11.0 Å². The lowest BCUT2D eigenvalue weighted by atomic mass is 9.43. The van der Waals surface area contributed by atoms with Crippen LogP contribution in [0.4, 0.5) is 0 Å². The van der Waals surface area contributed by atoms with Gasteiger partial charge in [-0.1, -0.05) is 98.6 Å². The highest BCUT2D eigenvalue weighted by Gasteiger charge is 2.70. The topological polar surface area (TPSA) is 26.3 Å². The molecular formula is C39H66O2. The van der Waals surface area contributed by atoms with Crippen LogP contribution in [0.3, 0.4) is 0 Å². The third kappa shape index (κ3) is 5.37. The number of hydrogen-bond acceptors (Lipinski definition) is 2. The van der Waals surface area contributed by atoms with Crippen LogP contribution in [-0.2, 0) is 9.53 Å². The Bertz CT molecular complexity index is 983. The van der Waals surface area contributed by atoms with Crippen molar-refractivity contribution in [3.05, 3.63) is 23.8 Å². The number of ketones is 1. The second-order valence-electron chi connectivity index (χ2n) is 16.0. The second kappa shape index (κ2) is 12.6. The molecule has 0 spiro atoms. The zero-order valence-electron chi connectivity index (χ0n) is 28.0. The van der Waals surface area contributed by atoms with Gasteiger partial charge in [-0.25, -0.2) is 0 Å². The Labute approximate surface area is 255 Å². The maximum atomic E-state index is 12.3. The molecule has 234 valence electrons. The molecule has 5 fully saturated rings. The Morgan fingerprint density at radius 3 is 2.44 bits per heavy atom. The third-order valence-electron chi connectivity index (χ3n) is 13.9. The SMILES string of the molecule is CC.CCCC1CCCC(COCC23CC(CCC)CC2CC2C4CCC5=CC(=O)C=CC5(C)C4C(C)CC23C)C1.[HH]. The molecule has 2 heteroatoms. The van der Waals surface area contributed by atoms with E-state index in [1.54, 1.807) is 0 Å². The number of hydrogen-bond donors (Lipinski definition) is 0. The molecule has 0 aromatic rings. The summed E-state index contributed by atoms with van der Waals surface area (Å²) >= 11 is 0. The molecule has 0 heterocycles. The first-order chi connectivity index (χ1) is 19.7. The minimum atomic E-state index is 0. The van der Waals surface area contributed by atoms with Crippen molar-refractivity contribution in [2.45, 2.75) is 138 Å². The van der Waals surface area contributed by atoms with Crippen molar-refractivity contribution in [1.29, 1.82) is 0 Å². The van der Waals surface area contributed by atoms with Gasteiger partial charge in [-0.3, -0.25) is 4.79 Å². The minimum absolute atomic E-state index is 0. The van der Waals surface area contributed by atoms with Gasteiger partial charge in [-0.2, -0.15) is 0 Å². The van der Waals surface area contributed by atoms with E-state index in [9.17, 15) is 4.79 Å². The Kier molecular flexibility index (Phi) is 9.70. The summed E-state index contributed by atoms with van der Waals surface area (Å²) in [6.07, 6.45) is 25.5. The fourth-order valence-electron chi connectivity index (χ4n) is 12.6. The summed E-state index contributed by atoms with van der Waals surface area (Å²) in [5.41, 5.74) is 2.28. The minimum Gasteiger partial charge on any atom is -0.381 e. The van der Waals surface area contributed by atoms with Gasteiger partial charge in [0, 0.05) is 18.9 Å². The maximum absolute atomic E-state index is 12.3. The van der Waals surface area contributed by atoms with Crippen molar-refractivity contribution in [1.82, 2.24) is 0 Å². The zero-order valence-corrected chi connectivity index (χ0v) is 28.0. The predicted molar refractivity (Wildman–Crippen MR) is 175 cm³/mol. The zero-order chi connectivity index (χ0) is 29.4. The van der Waals surface area contributed by atoms with Crippen molar-refractivity contribution in [3.8, 4) is 0 Å². The quantitative estimate of drug-likeness (QED) is 0.292. The molecule has 0 aromatic carbocycles. The summed E-state index contributed by atoms with van der Waals surface area (Å²) in [6.45, 7) is 18.6. The molecule has 0 radical (unpaired) electrons. The first kappa shape index (κ1) is 31.5. The van der Waals surface area contributed by atoms with Gasteiger partial charge in [0.2, 0.25) is 0 Å². The second-order valence-corrected chi connectivity index (χ2v) is 16.0. The number of allylic oxidation sites excluding steroid dienone is 4. The van der Waals surface area contributed by atoms with Gasteiger partial charge in [-0.05, 0) is 116 Å². The number of ether oxygens (including phenoxy) is 1. The van der Waals surface area contributed by atoms with E-state index < -0.39 is 0 Å². The van der Waals surface area contributed by atoms with Crippen molar-refractivity contribution in [2.75, 3.05) is 13.2 Å². The molecule has 11 unspecified atom stereocenters. The largest absolute Gasteiger partial charge is 0.381 e. The molecule has 6 aliphatic carbocycles. The van der Waals surface area contributed by atoms with Gasteiger partial charge in [0.25, 0.3) is 0 Å². The van der Waals surface area contributed by atoms with Crippen LogP contribution in [0.1, 0.15) is 140 Å². The third-order valence-corrected chi connectivity index (χ3v) is 13.9. The van der Waals surface area contributed by atoms with Crippen LogP contribution in [0.15, 0.2) is 23.8 Å². The first-order valence-corrected chi connectivity index (χ1v) is 18.3. The fourth-order valence-corrected chi connectivity index (χ4v) is 12.6. The first-order valence-electron chi connectivity index (χ1n) is 18.3. The molecule has 0 bridgehead atoms. The fraction of sp³-hybridized carbons (Fsp3) is 0.872. The molecule has 11 atom stereocenters. The summed E-state index contributed by atoms with van der Waals surface area (Å²) in [4.78, 5) is 12.3. The smallest absolute Gasteiger partial charge is 0.178 e. The van der Waals surface area contributed by atoms with Crippen LogP contribution in [0.2, 0.25) is 0 Å². The lowest BCUT2D eigenvalue weighted by molar-refractivity contribution is -0.129. The molecule has 2 nitrogen and oxygen atoms in total. The lowest BCUT2D eigenvalue weighted by Gasteiger charge is -2.61. The molecule has 0 aliphatic heterocycles. The highest BCUT2D eigenvalue weighted by Crippen LogP contribution is 2.76. The van der Waals surface area contributed by atoms with E-state index in [0.29, 0.717) is 22.7 Å². The van der Waals surface area contributed by atoms with Crippen LogP contribution in [-0.4, -0.2) is 19.0 Å². The van der Waals surface area contributed by atoms with Gasteiger partial charge < -0.3 is 4.74 Å². The average molecular weight is 567 g/mol. The Morgan fingerprint density at radius 1 is 0.951 bits per heavy atom. The lowest BCUT2D eigenvalue weighted by Crippen LogP contribution is -2.56. The van der Waals surface area contributed by atoms with E-state index in [1.807, 2.05) is 26.0 Å². The normalized spacial score (nSPS) is 46.5. The molecule has 0 saturated heterocycles. The number of carbonyl (C=O) groups is 1. The average Bonchev–Trinajstić information content (AvgIpc) is 3.41. The molecule has 41 heavy (non-hydrogen) atoms. The highest BCUT2D eigenvalue weighted by molar-refractivity contribution is 6.01. The number of fused-ring (bicyclic) bond motifs is 7. The van der Waals surface area contributed by atoms with E-state index in [2.05, 4.69) is 40.7 Å². The number of carbonyl (C=O) groups excluding carboxylic acids is 1. The summed E-state index contributed by atoms with van der Waals surface area (Å²) in [7, 11) is 0. The van der Waals surface area contributed by atoms with E-state index in [0.717, 1.165) is 55.1 Å². The van der Waals surface area contributed by atoms with E-state index >= 15 is 0 Å².